The van der Waals surface area contributed by atoms with Gasteiger partial charge in [0.1, 0.15) is 6.54 Å². The molecule has 5 nitrogen and oxygen atoms in total. The molecule has 0 aliphatic carbocycles. The Hall–Kier alpha value is -2.34. The molecule has 0 spiro atoms. The Bertz CT molecular complexity index is 957. The molecule has 3 rings (SSSR count). The molecule has 0 unspecified atom stereocenters. The second-order valence-corrected chi connectivity index (χ2v) is 6.91. The van der Waals surface area contributed by atoms with Gasteiger partial charge in [-0.2, -0.15) is 0 Å². The van der Waals surface area contributed by atoms with E-state index in [1.165, 1.54) is 4.57 Å². The van der Waals surface area contributed by atoms with Gasteiger partial charge in [-0.25, -0.2) is 4.79 Å². The summed E-state index contributed by atoms with van der Waals surface area (Å²) in [4.78, 5) is 25.0. The Labute approximate surface area is 154 Å². The first kappa shape index (κ1) is 17.5. The van der Waals surface area contributed by atoms with Crippen LogP contribution >= 0.6 is 15.9 Å². The topological polar surface area (TPSA) is 56.0 Å². The number of rotatable bonds is 5. The fraction of sp³-hybridized carbons (Fsp3) is 0.263. The van der Waals surface area contributed by atoms with E-state index in [2.05, 4.69) is 21.2 Å². The molecule has 2 aromatic carbocycles. The van der Waals surface area contributed by atoms with Crippen LogP contribution in [0.25, 0.3) is 11.0 Å². The number of hydrogen-bond acceptors (Lipinski definition) is 2. The Morgan fingerprint density at radius 3 is 2.40 bits per heavy atom. The zero-order valence-corrected chi connectivity index (χ0v) is 15.8. The zero-order valence-electron chi connectivity index (χ0n) is 14.2. The third-order valence-electron chi connectivity index (χ3n) is 4.37. The van der Waals surface area contributed by atoms with Crippen LogP contribution in [0.1, 0.15) is 24.9 Å². The van der Waals surface area contributed by atoms with Crippen LogP contribution in [0.4, 0.5) is 0 Å². The van der Waals surface area contributed by atoms with Gasteiger partial charge in [-0.1, -0.05) is 47.1 Å². The summed E-state index contributed by atoms with van der Waals surface area (Å²) in [6, 6.07) is 15.3. The van der Waals surface area contributed by atoms with Crippen LogP contribution in [-0.4, -0.2) is 15.0 Å². The molecule has 25 heavy (non-hydrogen) atoms. The third-order valence-corrected chi connectivity index (χ3v) is 4.90. The van der Waals surface area contributed by atoms with Gasteiger partial charge in [0.15, 0.2) is 0 Å². The lowest BCUT2D eigenvalue weighted by atomic mass is 10.0. The molecule has 0 saturated heterocycles. The van der Waals surface area contributed by atoms with E-state index in [1.807, 2.05) is 55.5 Å². The van der Waals surface area contributed by atoms with Gasteiger partial charge in [0.05, 0.1) is 17.1 Å². The molecule has 0 fully saturated rings. The molecule has 1 atom stereocenters. The Balaban J connectivity index is 1.82. The smallest absolute Gasteiger partial charge is 0.329 e. The number of aryl methyl sites for hydroxylation is 1. The maximum Gasteiger partial charge on any atom is 0.329 e. The van der Waals surface area contributed by atoms with Crippen LogP contribution in [0.3, 0.4) is 0 Å². The van der Waals surface area contributed by atoms with Crippen LogP contribution in [0.2, 0.25) is 0 Å². The molecule has 130 valence electrons. The normalized spacial score (nSPS) is 12.3. The lowest BCUT2D eigenvalue weighted by Crippen LogP contribution is -2.34. The number of imidazole rings is 1. The van der Waals surface area contributed by atoms with Crippen molar-refractivity contribution in [1.82, 2.24) is 14.5 Å². The van der Waals surface area contributed by atoms with Gasteiger partial charge in [0, 0.05) is 11.5 Å². The van der Waals surface area contributed by atoms with Gasteiger partial charge in [0.2, 0.25) is 5.91 Å². The van der Waals surface area contributed by atoms with E-state index in [0.29, 0.717) is 0 Å². The maximum atomic E-state index is 12.5. The third kappa shape index (κ3) is 3.54. The largest absolute Gasteiger partial charge is 0.348 e. The summed E-state index contributed by atoms with van der Waals surface area (Å²) in [5, 5.41) is 3.03. The van der Waals surface area contributed by atoms with Crippen molar-refractivity contribution in [2.45, 2.75) is 25.9 Å². The van der Waals surface area contributed by atoms with Crippen molar-refractivity contribution in [2.24, 2.45) is 7.05 Å². The number of fused-ring (bicyclic) bond motifs is 1. The summed E-state index contributed by atoms with van der Waals surface area (Å²) in [6.45, 7) is 2.03. The van der Waals surface area contributed by atoms with E-state index >= 15 is 0 Å². The summed E-state index contributed by atoms with van der Waals surface area (Å²) in [6.07, 6.45) is 0.776. The number of halogens is 1. The molecule has 0 saturated carbocycles. The quantitative estimate of drug-likeness (QED) is 0.712. The average molecular weight is 402 g/mol. The highest BCUT2D eigenvalue weighted by molar-refractivity contribution is 9.10. The van der Waals surface area contributed by atoms with Crippen molar-refractivity contribution in [3.63, 3.8) is 0 Å². The number of amides is 1. The van der Waals surface area contributed by atoms with E-state index in [1.54, 1.807) is 11.6 Å². The standard InChI is InChI=1S/C19H20BrN3O2/c1-3-15(13-8-10-14(20)11-9-13)21-18(24)12-23-17-7-5-4-6-16(17)22(2)19(23)25/h4-11,15H,3,12H2,1-2H3,(H,21,24)/t15-/m0/s1. The molecule has 0 bridgehead atoms. The predicted octanol–water partition coefficient (Wildman–Crippen LogP) is 3.37. The van der Waals surface area contributed by atoms with Crippen molar-refractivity contribution in [3.05, 3.63) is 69.1 Å². The molecule has 1 N–H and O–H groups in total. The van der Waals surface area contributed by atoms with E-state index in [0.717, 1.165) is 27.5 Å². The van der Waals surface area contributed by atoms with Gasteiger partial charge in [-0.15, -0.1) is 0 Å². The van der Waals surface area contributed by atoms with Gasteiger partial charge >= 0.3 is 5.69 Å². The minimum atomic E-state index is -0.187. The summed E-state index contributed by atoms with van der Waals surface area (Å²) in [5.41, 5.74) is 2.44. The first-order valence-corrected chi connectivity index (χ1v) is 8.99. The Morgan fingerprint density at radius 1 is 1.12 bits per heavy atom. The number of nitrogens with one attached hydrogen (secondary N) is 1. The van der Waals surface area contributed by atoms with Gasteiger partial charge in [-0.05, 0) is 36.2 Å². The lowest BCUT2D eigenvalue weighted by molar-refractivity contribution is -0.122. The fourth-order valence-corrected chi connectivity index (χ4v) is 3.28. The summed E-state index contributed by atoms with van der Waals surface area (Å²) in [5.74, 6) is -0.173. The van der Waals surface area contributed by atoms with Crippen LogP contribution in [0.5, 0.6) is 0 Å². The number of benzene rings is 2. The Morgan fingerprint density at radius 2 is 1.76 bits per heavy atom. The molecular formula is C19H20BrN3O2. The molecule has 0 radical (unpaired) electrons. The van der Waals surface area contributed by atoms with Crippen LogP contribution < -0.4 is 11.0 Å². The molecule has 3 aromatic rings. The molecule has 0 aliphatic rings. The number of hydrogen-bond donors (Lipinski definition) is 1. The maximum absolute atomic E-state index is 12.5. The van der Waals surface area contributed by atoms with Crippen LogP contribution in [-0.2, 0) is 18.4 Å². The van der Waals surface area contributed by atoms with E-state index in [4.69, 9.17) is 0 Å². The predicted molar refractivity (Wildman–Crippen MR) is 102 cm³/mol. The van der Waals surface area contributed by atoms with E-state index in [9.17, 15) is 9.59 Å². The highest BCUT2D eigenvalue weighted by Gasteiger charge is 2.16. The van der Waals surface area contributed by atoms with Crippen molar-refractivity contribution >= 4 is 32.9 Å². The van der Waals surface area contributed by atoms with Crippen molar-refractivity contribution in [2.75, 3.05) is 0 Å². The minimum Gasteiger partial charge on any atom is -0.348 e. The SMILES string of the molecule is CC[C@H](NC(=O)Cn1c(=O)n(C)c2ccccc21)c1ccc(Br)cc1. The number of para-hydroxylation sites is 2. The van der Waals surface area contributed by atoms with Gasteiger partial charge in [0.25, 0.3) is 0 Å². The fourth-order valence-electron chi connectivity index (χ4n) is 3.02. The highest BCUT2D eigenvalue weighted by atomic mass is 79.9. The molecule has 0 aliphatic heterocycles. The van der Waals surface area contributed by atoms with E-state index in [-0.39, 0.29) is 24.2 Å². The summed E-state index contributed by atoms with van der Waals surface area (Å²) >= 11 is 3.42. The van der Waals surface area contributed by atoms with Crippen molar-refractivity contribution < 1.29 is 4.79 Å². The molecule has 1 heterocycles. The average Bonchev–Trinajstić information content (AvgIpc) is 2.86. The van der Waals surface area contributed by atoms with Crippen molar-refractivity contribution in [1.29, 1.82) is 0 Å². The summed E-state index contributed by atoms with van der Waals surface area (Å²) < 4.78 is 4.08. The van der Waals surface area contributed by atoms with Gasteiger partial charge in [-0.3, -0.25) is 13.9 Å². The first-order chi connectivity index (χ1) is 12.0. The first-order valence-electron chi connectivity index (χ1n) is 8.20. The molecule has 1 amide bonds. The Kier molecular flexibility index (Phi) is 5.08. The van der Waals surface area contributed by atoms with Crippen molar-refractivity contribution in [3.8, 4) is 0 Å². The minimum absolute atomic E-state index is 0.00716. The number of carbonyl (C=O) groups excluding carboxylic acids is 1. The van der Waals surface area contributed by atoms with Crippen LogP contribution in [0.15, 0.2) is 57.8 Å². The molecule has 1 aromatic heterocycles. The number of nitrogens with zero attached hydrogens (tertiary/aromatic N) is 2. The highest BCUT2D eigenvalue weighted by Crippen LogP contribution is 2.19. The summed E-state index contributed by atoms with van der Waals surface area (Å²) in [7, 11) is 1.72. The second-order valence-electron chi connectivity index (χ2n) is 6.00. The molecular weight excluding hydrogens is 382 g/mol. The lowest BCUT2D eigenvalue weighted by Gasteiger charge is -2.18. The van der Waals surface area contributed by atoms with E-state index < -0.39 is 0 Å². The molecule has 6 heteroatoms. The van der Waals surface area contributed by atoms with Gasteiger partial charge < -0.3 is 5.32 Å². The monoisotopic (exact) mass is 401 g/mol. The second kappa shape index (κ2) is 7.27. The number of carbonyl (C=O) groups is 1. The zero-order chi connectivity index (χ0) is 18.0. The van der Waals surface area contributed by atoms with Crippen LogP contribution in [0, 0.1) is 0 Å². The number of aromatic nitrogens is 2.